The zero-order chi connectivity index (χ0) is 14.6. The highest BCUT2D eigenvalue weighted by atomic mass is 32.2. The van der Waals surface area contributed by atoms with Crippen LogP contribution in [0.4, 0.5) is 0 Å². The molecule has 0 aliphatic carbocycles. The highest BCUT2D eigenvalue weighted by Crippen LogP contribution is 2.26. The lowest BCUT2D eigenvalue weighted by molar-refractivity contribution is 0.0677. The van der Waals surface area contributed by atoms with Crippen LogP contribution in [-0.4, -0.2) is 40.8 Å². The van der Waals surface area contributed by atoms with Crippen molar-refractivity contribution in [3.63, 3.8) is 0 Å². The van der Waals surface area contributed by atoms with Gasteiger partial charge in [0.1, 0.15) is 6.10 Å². The molecule has 5 nitrogen and oxygen atoms in total. The largest absolute Gasteiger partial charge is 0.368 e. The van der Waals surface area contributed by atoms with E-state index in [0.717, 1.165) is 31.1 Å². The van der Waals surface area contributed by atoms with E-state index in [1.807, 2.05) is 11.8 Å². The molecular formula is C14H25N3O2S. The van der Waals surface area contributed by atoms with Crippen LogP contribution in [0, 0.1) is 5.41 Å². The monoisotopic (exact) mass is 299 g/mol. The Balaban J connectivity index is 2.00. The van der Waals surface area contributed by atoms with Crippen LogP contribution >= 0.6 is 11.8 Å². The maximum absolute atomic E-state index is 5.68. The van der Waals surface area contributed by atoms with Gasteiger partial charge >= 0.3 is 0 Å². The average molecular weight is 299 g/mol. The second-order valence-corrected chi connectivity index (χ2v) is 7.31. The zero-order valence-electron chi connectivity index (χ0n) is 12.8. The third kappa shape index (κ3) is 4.20. The molecule has 0 saturated carbocycles. The highest BCUT2D eigenvalue weighted by Gasteiger charge is 2.27. The topological polar surface area (TPSA) is 60.2 Å². The average Bonchev–Trinajstić information content (AvgIpc) is 2.87. The Morgan fingerprint density at radius 1 is 1.45 bits per heavy atom. The molecule has 1 aromatic heterocycles. The van der Waals surface area contributed by atoms with E-state index < -0.39 is 0 Å². The van der Waals surface area contributed by atoms with Crippen LogP contribution in [0.15, 0.2) is 4.52 Å². The van der Waals surface area contributed by atoms with Gasteiger partial charge in [-0.25, -0.2) is 0 Å². The normalized spacial score (nSPS) is 21.9. The minimum atomic E-state index is -0.0153. The summed E-state index contributed by atoms with van der Waals surface area (Å²) in [5, 5.41) is 7.58. The van der Waals surface area contributed by atoms with Crippen molar-refractivity contribution in [2.24, 2.45) is 5.41 Å². The molecule has 1 fully saturated rings. The van der Waals surface area contributed by atoms with Crippen LogP contribution in [0.3, 0.4) is 0 Å². The molecule has 0 amide bonds. The molecule has 2 unspecified atom stereocenters. The van der Waals surface area contributed by atoms with E-state index in [9.17, 15) is 0 Å². The van der Waals surface area contributed by atoms with Crippen LogP contribution in [0.25, 0.3) is 0 Å². The minimum absolute atomic E-state index is 0.0153. The van der Waals surface area contributed by atoms with Crippen LogP contribution in [0.1, 0.15) is 45.5 Å². The third-order valence-electron chi connectivity index (χ3n) is 3.46. The molecule has 1 saturated heterocycles. The first-order chi connectivity index (χ1) is 9.50. The molecule has 1 aromatic rings. The summed E-state index contributed by atoms with van der Waals surface area (Å²) in [6.45, 7) is 10.5. The summed E-state index contributed by atoms with van der Waals surface area (Å²) in [5.41, 5.74) is 0.155. The van der Waals surface area contributed by atoms with Gasteiger partial charge < -0.3 is 14.6 Å². The number of likely N-dealkylation sites (N-methyl/N-ethyl adjacent to an activating group) is 1. The van der Waals surface area contributed by atoms with E-state index in [1.165, 1.54) is 0 Å². The lowest BCUT2D eigenvalue weighted by Gasteiger charge is -2.30. The molecule has 0 radical (unpaired) electrons. The third-order valence-corrected chi connectivity index (χ3v) is 4.46. The zero-order valence-corrected chi connectivity index (χ0v) is 13.6. The smallest absolute Gasteiger partial charge is 0.228 e. The summed E-state index contributed by atoms with van der Waals surface area (Å²) in [5.74, 6) is 3.35. The Morgan fingerprint density at radius 2 is 2.25 bits per heavy atom. The summed E-state index contributed by atoms with van der Waals surface area (Å²) >= 11 is 1.87. The quantitative estimate of drug-likeness (QED) is 0.901. The van der Waals surface area contributed by atoms with Gasteiger partial charge in [0.25, 0.3) is 0 Å². The fourth-order valence-corrected chi connectivity index (χ4v) is 3.06. The highest BCUT2D eigenvalue weighted by molar-refractivity contribution is 7.99. The molecule has 0 aromatic carbocycles. The van der Waals surface area contributed by atoms with Gasteiger partial charge in [0.05, 0.1) is 6.61 Å². The van der Waals surface area contributed by atoms with Crippen molar-refractivity contribution in [2.75, 3.05) is 24.7 Å². The maximum Gasteiger partial charge on any atom is 0.228 e. The molecule has 114 valence electrons. The Bertz CT molecular complexity index is 411. The van der Waals surface area contributed by atoms with Crippen LogP contribution in [0.2, 0.25) is 0 Å². The van der Waals surface area contributed by atoms with Gasteiger partial charge in [0, 0.05) is 24.0 Å². The SMILES string of the molecule is CCNC(Cc1nc(C2CSCCO2)no1)C(C)(C)C. The molecule has 0 bridgehead atoms. The molecule has 1 N–H and O–H groups in total. The van der Waals surface area contributed by atoms with Crippen molar-refractivity contribution in [1.82, 2.24) is 15.5 Å². The van der Waals surface area contributed by atoms with Crippen molar-refractivity contribution < 1.29 is 9.26 Å². The van der Waals surface area contributed by atoms with Crippen molar-refractivity contribution in [3.05, 3.63) is 11.7 Å². The van der Waals surface area contributed by atoms with Crippen LogP contribution < -0.4 is 5.32 Å². The molecule has 2 rings (SSSR count). The van der Waals surface area contributed by atoms with Gasteiger partial charge in [-0.2, -0.15) is 16.7 Å². The fourth-order valence-electron chi connectivity index (χ4n) is 2.22. The number of rotatable bonds is 5. The number of hydrogen-bond donors (Lipinski definition) is 1. The fraction of sp³-hybridized carbons (Fsp3) is 0.857. The first kappa shape index (κ1) is 15.8. The van der Waals surface area contributed by atoms with E-state index in [2.05, 4.69) is 43.2 Å². The number of nitrogens with one attached hydrogen (secondary N) is 1. The van der Waals surface area contributed by atoms with Gasteiger partial charge in [-0.3, -0.25) is 0 Å². The molecule has 0 spiro atoms. The standard InChI is InChI=1S/C14H25N3O2S/c1-5-15-11(14(2,3)4)8-12-16-13(17-19-12)10-9-20-7-6-18-10/h10-11,15H,5-9H2,1-4H3. The van der Waals surface area contributed by atoms with E-state index in [0.29, 0.717) is 17.8 Å². The molecule has 20 heavy (non-hydrogen) atoms. The molecular weight excluding hydrogens is 274 g/mol. The van der Waals surface area contributed by atoms with Crippen molar-refractivity contribution in [1.29, 1.82) is 0 Å². The van der Waals surface area contributed by atoms with E-state index in [4.69, 9.17) is 9.26 Å². The molecule has 6 heteroatoms. The number of ether oxygens (including phenoxy) is 1. The van der Waals surface area contributed by atoms with Gasteiger partial charge in [0.15, 0.2) is 0 Å². The Kier molecular flexibility index (Phi) is 5.46. The second kappa shape index (κ2) is 6.91. The van der Waals surface area contributed by atoms with Crippen molar-refractivity contribution in [3.8, 4) is 0 Å². The first-order valence-electron chi connectivity index (χ1n) is 7.26. The number of thioether (sulfide) groups is 1. The predicted molar refractivity (Wildman–Crippen MR) is 80.9 cm³/mol. The second-order valence-electron chi connectivity index (χ2n) is 6.16. The summed E-state index contributed by atoms with van der Waals surface area (Å²) < 4.78 is 11.1. The summed E-state index contributed by atoms with van der Waals surface area (Å²) in [6.07, 6.45) is 0.739. The summed E-state index contributed by atoms with van der Waals surface area (Å²) in [7, 11) is 0. The summed E-state index contributed by atoms with van der Waals surface area (Å²) in [4.78, 5) is 4.51. The van der Waals surface area contributed by atoms with E-state index >= 15 is 0 Å². The van der Waals surface area contributed by atoms with Gasteiger partial charge in [0.2, 0.25) is 11.7 Å². The van der Waals surface area contributed by atoms with Crippen molar-refractivity contribution in [2.45, 2.75) is 46.3 Å². The lowest BCUT2D eigenvalue weighted by atomic mass is 9.84. The lowest BCUT2D eigenvalue weighted by Crippen LogP contribution is -2.42. The van der Waals surface area contributed by atoms with Crippen LogP contribution in [-0.2, 0) is 11.2 Å². The van der Waals surface area contributed by atoms with Crippen LogP contribution in [0.5, 0.6) is 0 Å². The Hall–Kier alpha value is -0.590. The minimum Gasteiger partial charge on any atom is -0.368 e. The van der Waals surface area contributed by atoms with E-state index in [1.54, 1.807) is 0 Å². The first-order valence-corrected chi connectivity index (χ1v) is 8.41. The van der Waals surface area contributed by atoms with E-state index in [-0.39, 0.29) is 11.5 Å². The number of hydrogen-bond acceptors (Lipinski definition) is 6. The van der Waals surface area contributed by atoms with Gasteiger partial charge in [-0.15, -0.1) is 0 Å². The maximum atomic E-state index is 5.68. The molecule has 2 heterocycles. The van der Waals surface area contributed by atoms with Gasteiger partial charge in [-0.05, 0) is 12.0 Å². The molecule has 1 aliphatic heterocycles. The van der Waals surface area contributed by atoms with Crippen molar-refractivity contribution >= 4 is 11.8 Å². The summed E-state index contributed by atoms with van der Waals surface area (Å²) in [6, 6.07) is 0.322. The number of nitrogens with zero attached hydrogens (tertiary/aromatic N) is 2. The van der Waals surface area contributed by atoms with Gasteiger partial charge in [-0.1, -0.05) is 32.9 Å². The number of aromatic nitrogens is 2. The molecule has 1 aliphatic rings. The Morgan fingerprint density at radius 3 is 2.85 bits per heavy atom. The predicted octanol–water partition coefficient (Wildman–Crippen LogP) is 2.44. The Labute approximate surface area is 125 Å². The molecule has 2 atom stereocenters.